The van der Waals surface area contributed by atoms with Gasteiger partial charge in [-0.05, 0) is 121 Å². The summed E-state index contributed by atoms with van der Waals surface area (Å²) < 4.78 is 0. The Bertz CT molecular complexity index is 2940. The largest absolute Gasteiger partial charge is 0.465 e. The van der Waals surface area contributed by atoms with Crippen LogP contribution >= 0.6 is 48.0 Å². The third-order valence-electron chi connectivity index (χ3n) is 18.5. The van der Waals surface area contributed by atoms with E-state index in [2.05, 4.69) is 31.9 Å². The second kappa shape index (κ2) is 26.5. The van der Waals surface area contributed by atoms with Crippen LogP contribution in [-0.4, -0.2) is 160 Å². The number of hydrogen-bond acceptors (Lipinski definition) is 12. The van der Waals surface area contributed by atoms with E-state index < -0.39 is 83.2 Å². The van der Waals surface area contributed by atoms with Gasteiger partial charge in [-0.3, -0.25) is 28.8 Å². The van der Waals surface area contributed by atoms with Crippen molar-refractivity contribution in [3.8, 4) is 0 Å². The van der Waals surface area contributed by atoms with Crippen LogP contribution in [0.1, 0.15) is 126 Å². The highest BCUT2D eigenvalue weighted by molar-refractivity contribution is 8.00. The molecule has 9 rings (SSSR count). The van der Waals surface area contributed by atoms with Gasteiger partial charge in [0, 0.05) is 27.2 Å². The predicted molar refractivity (Wildman–Crippen MR) is 338 cm³/mol. The van der Waals surface area contributed by atoms with Gasteiger partial charge in [0.25, 0.3) is 0 Å². The second-order valence-corrected chi connectivity index (χ2v) is 28.5. The molecular weight excluding hydrogens is 1170 g/mol. The SMILES string of the molecule is CC(C(=S)N[C@H]1CCS[C@H]2CC(C)(C)[C@@H](C(=O)N[C@H]3c4ccccc4CC[C@H]3C(=O)NCc3ccc(CNC(=O)[C@@H]4CCc5ccccc5[C@@H]4NC(=O)[C@H]4N5C(=O)[C@@H](NC(=S)C(C)N(C)C(=O)O)CCS[C@H]5CC4(C)C)cc3)N2C1=O)N(C)C(=O)O. The minimum atomic E-state index is -1.15. The summed E-state index contributed by atoms with van der Waals surface area (Å²) in [5.41, 5.74) is 4.15. The maximum absolute atomic E-state index is 14.9. The summed E-state index contributed by atoms with van der Waals surface area (Å²) in [6, 6.07) is 17.2. The summed E-state index contributed by atoms with van der Waals surface area (Å²) >= 11 is 14.4. The predicted octanol–water partition coefficient (Wildman–Crippen LogP) is 6.51. The van der Waals surface area contributed by atoms with E-state index in [9.17, 15) is 48.6 Å². The van der Waals surface area contributed by atoms with E-state index in [1.165, 1.54) is 14.1 Å². The van der Waals surface area contributed by atoms with E-state index >= 15 is 0 Å². The second-order valence-electron chi connectivity index (χ2n) is 25.1. The summed E-state index contributed by atoms with van der Waals surface area (Å²) in [5.74, 6) is -1.73. The monoisotopic (exact) mass is 1250 g/mol. The van der Waals surface area contributed by atoms with Gasteiger partial charge in [-0.15, -0.1) is 23.5 Å². The normalized spacial score (nSPS) is 26.9. The molecule has 4 aliphatic heterocycles. The Morgan fingerprint density at radius 1 is 0.570 bits per heavy atom. The average molecular weight is 1250 g/mol. The highest BCUT2D eigenvalue weighted by Crippen LogP contribution is 2.49. The fraction of sp³-hybridized carbons (Fsp3) is 0.548. The molecule has 8 amide bonds. The Kier molecular flexibility index (Phi) is 19.7. The van der Waals surface area contributed by atoms with Crippen LogP contribution in [0, 0.1) is 22.7 Å². The first-order valence-electron chi connectivity index (χ1n) is 29.6. The van der Waals surface area contributed by atoms with Gasteiger partial charge in [-0.1, -0.05) is 125 Å². The molecule has 2 unspecified atom stereocenters. The van der Waals surface area contributed by atoms with Crippen molar-refractivity contribution in [3.05, 3.63) is 106 Å². The van der Waals surface area contributed by atoms with Gasteiger partial charge in [-0.2, -0.15) is 0 Å². The molecule has 0 saturated carbocycles. The number of hydrogen-bond donors (Lipinski definition) is 8. The first-order valence-corrected chi connectivity index (χ1v) is 32.5. The molecule has 8 N–H and O–H groups in total. The Balaban J connectivity index is 0.836. The molecule has 0 radical (unpaired) electrons. The highest BCUT2D eigenvalue weighted by Gasteiger charge is 2.57. The minimum Gasteiger partial charge on any atom is -0.465 e. The lowest BCUT2D eigenvalue weighted by Gasteiger charge is -2.38. The maximum atomic E-state index is 14.9. The summed E-state index contributed by atoms with van der Waals surface area (Å²) in [6.45, 7) is 11.7. The van der Waals surface area contributed by atoms with E-state index in [0.717, 1.165) is 43.2 Å². The number of likely N-dealkylation sites (N-methyl/N-ethyl adjacent to an activating group) is 2. The molecule has 4 heterocycles. The van der Waals surface area contributed by atoms with Crippen LogP contribution in [0.3, 0.4) is 0 Å². The van der Waals surface area contributed by atoms with Gasteiger partial charge < -0.3 is 61.7 Å². The summed E-state index contributed by atoms with van der Waals surface area (Å²) in [5, 5.41) is 37.7. The molecular formula is C62H80N10O10S4. The number of nitrogens with one attached hydrogen (secondary N) is 6. The molecule has 86 heavy (non-hydrogen) atoms. The van der Waals surface area contributed by atoms with Crippen molar-refractivity contribution in [3.63, 3.8) is 0 Å². The minimum absolute atomic E-state index is 0.204. The zero-order valence-corrected chi connectivity index (χ0v) is 53.2. The van der Waals surface area contributed by atoms with E-state index in [4.69, 9.17) is 24.4 Å². The van der Waals surface area contributed by atoms with Crippen LogP contribution in [0.15, 0.2) is 72.8 Å². The van der Waals surface area contributed by atoms with Crippen molar-refractivity contribution >= 4 is 106 Å². The number of benzene rings is 3. The van der Waals surface area contributed by atoms with Crippen LogP contribution in [-0.2, 0) is 54.7 Å². The Morgan fingerprint density at radius 2 is 0.930 bits per heavy atom. The first kappa shape index (κ1) is 64.0. The van der Waals surface area contributed by atoms with Crippen molar-refractivity contribution in [1.82, 2.24) is 51.5 Å². The van der Waals surface area contributed by atoms with E-state index in [1.807, 2.05) is 100 Å². The molecule has 0 aromatic heterocycles. The first-order chi connectivity index (χ1) is 40.8. The molecule has 12 atom stereocenters. The highest BCUT2D eigenvalue weighted by atomic mass is 32.2. The number of aryl methyl sites for hydroxylation is 2. The molecule has 2 aliphatic carbocycles. The summed E-state index contributed by atoms with van der Waals surface area (Å²) in [4.78, 5) is 117. The molecule has 24 heteroatoms. The van der Waals surface area contributed by atoms with Gasteiger partial charge in [0.15, 0.2) is 0 Å². The van der Waals surface area contributed by atoms with E-state index in [-0.39, 0.29) is 69.3 Å². The molecule has 4 fully saturated rings. The standard InChI is InChI=1S/C62H80N10O10S4/c1-33(69(7)59(79)80)55(83)65-43-25-27-85-45-29-61(3,4)49(71(45)57(43)77)53(75)67-47-39-15-11-9-13-37(39)21-23-41(47)51(73)63-31-35-17-19-36(20-18-35)32-64-52(74)42-24-22-38-14-10-12-16-40(38)48(42)68-54(76)50-62(5,6)30-46-72(50)58(78)44(26-28-86-46)66-56(84)34(2)70(8)60(81)82/h9-20,33-34,41-50H,21-32H2,1-8H3,(H,63,73)(H,64,74)(H,65,83)(H,66,84)(H,67,75)(H,68,76)(H,79,80)(H,81,82)/t33?,34?,41-,42-,43+,44+,45+,46+,47+,48+,49-,50-/m1/s1. The number of fused-ring (bicyclic) bond motifs is 4. The number of nitrogens with zero attached hydrogens (tertiary/aromatic N) is 4. The number of carboxylic acid groups (broad SMARTS) is 2. The molecule has 3 aromatic carbocycles. The smallest absolute Gasteiger partial charge is 0.407 e. The quantitative estimate of drug-likeness (QED) is 0.0711. The zero-order valence-electron chi connectivity index (χ0n) is 49.9. The van der Waals surface area contributed by atoms with Crippen molar-refractivity contribution in [2.45, 2.75) is 165 Å². The van der Waals surface area contributed by atoms with Crippen LogP contribution in [0.5, 0.6) is 0 Å². The van der Waals surface area contributed by atoms with Crippen LogP contribution in [0.25, 0.3) is 0 Å². The van der Waals surface area contributed by atoms with Gasteiger partial charge in [-0.25, -0.2) is 9.59 Å². The Morgan fingerprint density at radius 3 is 1.29 bits per heavy atom. The number of rotatable bonds is 16. The summed E-state index contributed by atoms with van der Waals surface area (Å²) in [6.07, 6.45) is 1.94. The van der Waals surface area contributed by atoms with Crippen LogP contribution in [0.4, 0.5) is 9.59 Å². The molecule has 0 spiro atoms. The molecule has 462 valence electrons. The topological polar surface area (TPSA) is 262 Å². The number of thiocarbonyl (C=S) groups is 2. The van der Waals surface area contributed by atoms with Crippen molar-refractivity contribution in [2.75, 3.05) is 25.6 Å². The van der Waals surface area contributed by atoms with Crippen molar-refractivity contribution in [1.29, 1.82) is 0 Å². The van der Waals surface area contributed by atoms with Gasteiger partial charge >= 0.3 is 12.2 Å². The average Bonchev–Trinajstić information content (AvgIpc) is 1.66. The van der Waals surface area contributed by atoms with Gasteiger partial charge in [0.05, 0.1) is 56.7 Å². The number of carbonyl (C=O) groups is 8. The van der Waals surface area contributed by atoms with Crippen molar-refractivity contribution < 1.29 is 48.6 Å². The third kappa shape index (κ3) is 13.5. The lowest BCUT2D eigenvalue weighted by molar-refractivity contribution is -0.143. The van der Waals surface area contributed by atoms with Gasteiger partial charge in [0.1, 0.15) is 24.2 Å². The molecule has 20 nitrogen and oxygen atoms in total. The zero-order chi connectivity index (χ0) is 62.1. The Hall–Kier alpha value is -6.50. The van der Waals surface area contributed by atoms with E-state index in [0.29, 0.717) is 62.9 Å². The number of carbonyl (C=O) groups excluding carboxylic acids is 6. The Labute approximate surface area is 522 Å². The fourth-order valence-electron chi connectivity index (χ4n) is 13.3. The third-order valence-corrected chi connectivity index (χ3v) is 21.9. The van der Waals surface area contributed by atoms with Crippen molar-refractivity contribution in [2.24, 2.45) is 22.7 Å². The number of thioether (sulfide) groups is 2. The maximum Gasteiger partial charge on any atom is 0.407 e. The molecule has 4 saturated heterocycles. The molecule has 6 aliphatic rings. The lowest BCUT2D eigenvalue weighted by atomic mass is 9.78. The lowest BCUT2D eigenvalue weighted by Crippen LogP contribution is -2.58. The molecule has 0 bridgehead atoms. The number of amides is 8. The van der Waals surface area contributed by atoms with Gasteiger partial charge in [0.2, 0.25) is 35.4 Å². The molecule has 3 aromatic rings. The van der Waals surface area contributed by atoms with Crippen LogP contribution < -0.4 is 31.9 Å². The fourth-order valence-corrected chi connectivity index (χ4v) is 17.0. The van der Waals surface area contributed by atoms with E-state index in [1.54, 1.807) is 47.2 Å². The van der Waals surface area contributed by atoms with Crippen LogP contribution in [0.2, 0.25) is 0 Å². The summed E-state index contributed by atoms with van der Waals surface area (Å²) in [7, 11) is 2.84.